The maximum absolute atomic E-state index is 13.4. The van der Waals surface area contributed by atoms with Crippen LogP contribution in [0.25, 0.3) is 15.9 Å². The molecule has 1 amide bonds. The molecule has 1 aliphatic rings. The van der Waals surface area contributed by atoms with Gasteiger partial charge in [-0.3, -0.25) is 4.79 Å². The number of nitrogens with zero attached hydrogens (tertiary/aromatic N) is 6. The maximum Gasteiger partial charge on any atom is 0.257 e. The number of anilines is 1. The van der Waals surface area contributed by atoms with Crippen molar-refractivity contribution in [3.63, 3.8) is 0 Å². The highest BCUT2D eigenvalue weighted by atomic mass is 32.1. The van der Waals surface area contributed by atoms with E-state index in [1.165, 1.54) is 4.88 Å². The number of aryl methyl sites for hydroxylation is 1. The molecule has 9 heteroatoms. The molecule has 1 aromatic carbocycles. The predicted octanol–water partition coefficient (Wildman–Crippen LogP) is 3.29. The summed E-state index contributed by atoms with van der Waals surface area (Å²) in [7, 11) is 1.63. The molecule has 32 heavy (non-hydrogen) atoms. The first-order chi connectivity index (χ1) is 15.7. The van der Waals surface area contributed by atoms with Crippen LogP contribution in [0.15, 0.2) is 48.9 Å². The molecule has 0 radical (unpaired) electrons. The largest absolute Gasteiger partial charge is 0.378 e. The molecule has 0 bridgehead atoms. The van der Waals surface area contributed by atoms with Crippen LogP contribution in [-0.4, -0.2) is 63.8 Å². The van der Waals surface area contributed by atoms with Gasteiger partial charge in [0.1, 0.15) is 17.0 Å². The van der Waals surface area contributed by atoms with Crippen LogP contribution >= 0.6 is 11.3 Å². The van der Waals surface area contributed by atoms with Gasteiger partial charge in [0.15, 0.2) is 0 Å². The zero-order valence-electron chi connectivity index (χ0n) is 18.1. The summed E-state index contributed by atoms with van der Waals surface area (Å²) < 4.78 is 7.17. The third-order valence-electron chi connectivity index (χ3n) is 5.68. The van der Waals surface area contributed by atoms with Crippen LogP contribution in [0.1, 0.15) is 20.9 Å². The van der Waals surface area contributed by atoms with E-state index in [1.54, 1.807) is 35.7 Å². The highest BCUT2D eigenvalue weighted by Gasteiger charge is 2.27. The van der Waals surface area contributed by atoms with Crippen molar-refractivity contribution >= 4 is 33.3 Å². The van der Waals surface area contributed by atoms with Crippen molar-refractivity contribution in [1.29, 1.82) is 0 Å². The molecular formula is C23H24N6O2S. The third kappa shape index (κ3) is 3.74. The van der Waals surface area contributed by atoms with E-state index in [0.717, 1.165) is 40.5 Å². The Morgan fingerprint density at radius 3 is 2.66 bits per heavy atom. The molecule has 3 aromatic heterocycles. The van der Waals surface area contributed by atoms with Gasteiger partial charge in [-0.2, -0.15) is 5.10 Å². The molecule has 0 N–H and O–H groups in total. The van der Waals surface area contributed by atoms with E-state index in [0.29, 0.717) is 25.3 Å². The van der Waals surface area contributed by atoms with Crippen LogP contribution < -0.4 is 4.90 Å². The number of aromatic nitrogens is 4. The fourth-order valence-electron chi connectivity index (χ4n) is 4.13. The second-order valence-corrected chi connectivity index (χ2v) is 8.97. The quantitative estimate of drug-likeness (QED) is 0.466. The number of ether oxygens (including phenoxy) is 1. The van der Waals surface area contributed by atoms with E-state index in [2.05, 4.69) is 33.0 Å². The lowest BCUT2D eigenvalue weighted by molar-refractivity contribution is 0.0741. The molecule has 0 aliphatic carbocycles. The number of rotatable bonds is 5. The molecule has 0 saturated carbocycles. The molecule has 5 rings (SSSR count). The number of piperazine rings is 1. The van der Waals surface area contributed by atoms with Crippen LogP contribution in [0.3, 0.4) is 0 Å². The molecule has 1 saturated heterocycles. The number of carbonyl (C=O) groups is 1. The molecule has 1 fully saturated rings. The van der Waals surface area contributed by atoms with E-state index >= 15 is 0 Å². The normalized spacial score (nSPS) is 14.3. The second kappa shape index (κ2) is 8.68. The molecule has 4 aromatic rings. The van der Waals surface area contributed by atoms with Gasteiger partial charge >= 0.3 is 0 Å². The van der Waals surface area contributed by atoms with E-state index in [1.807, 2.05) is 35.2 Å². The number of fused-ring (bicyclic) bond motifs is 1. The van der Waals surface area contributed by atoms with E-state index in [-0.39, 0.29) is 5.91 Å². The van der Waals surface area contributed by atoms with Crippen molar-refractivity contribution in [2.24, 2.45) is 0 Å². The van der Waals surface area contributed by atoms with Gasteiger partial charge in [0.2, 0.25) is 0 Å². The monoisotopic (exact) mass is 448 g/mol. The standard InChI is InChI=1S/C23H24N6O2S/c1-16-12-18-21(24-15-25-22(18)32-16)27-8-10-28(11-9-27)23(30)19-13-26-29(20(19)14-31-2)17-6-4-3-5-7-17/h3-7,12-13,15H,8-11,14H2,1-2H3. The Morgan fingerprint density at radius 2 is 1.91 bits per heavy atom. The van der Waals surface area contributed by atoms with Crippen LogP contribution in [0.4, 0.5) is 5.82 Å². The lowest BCUT2D eigenvalue weighted by Crippen LogP contribution is -2.49. The summed E-state index contributed by atoms with van der Waals surface area (Å²) in [6.07, 6.45) is 3.28. The van der Waals surface area contributed by atoms with Crippen LogP contribution in [-0.2, 0) is 11.3 Å². The van der Waals surface area contributed by atoms with Gasteiger partial charge in [-0.25, -0.2) is 14.6 Å². The summed E-state index contributed by atoms with van der Waals surface area (Å²) in [5.41, 5.74) is 2.25. The molecule has 4 heterocycles. The highest BCUT2D eigenvalue weighted by molar-refractivity contribution is 7.18. The number of hydrogen-bond acceptors (Lipinski definition) is 7. The third-order valence-corrected chi connectivity index (χ3v) is 6.64. The zero-order valence-corrected chi connectivity index (χ0v) is 18.9. The Balaban J connectivity index is 1.35. The van der Waals surface area contributed by atoms with Crippen molar-refractivity contribution in [2.75, 3.05) is 38.2 Å². The molecule has 0 spiro atoms. The number of thiophene rings is 1. The van der Waals surface area contributed by atoms with Gasteiger partial charge in [0, 0.05) is 38.2 Å². The van der Waals surface area contributed by atoms with Crippen molar-refractivity contribution < 1.29 is 9.53 Å². The summed E-state index contributed by atoms with van der Waals surface area (Å²) in [5.74, 6) is 0.932. The lowest BCUT2D eigenvalue weighted by atomic mass is 10.2. The number of carbonyl (C=O) groups excluding carboxylic acids is 1. The van der Waals surface area contributed by atoms with Gasteiger partial charge in [0.05, 0.1) is 35.1 Å². The van der Waals surface area contributed by atoms with E-state index < -0.39 is 0 Å². The fourth-order valence-corrected chi connectivity index (χ4v) is 4.97. The topological polar surface area (TPSA) is 76.4 Å². The molecule has 0 atom stereocenters. The molecule has 0 unspecified atom stereocenters. The maximum atomic E-state index is 13.4. The molecule has 1 aliphatic heterocycles. The number of methoxy groups -OCH3 is 1. The van der Waals surface area contributed by atoms with Crippen molar-refractivity contribution in [3.05, 3.63) is 65.1 Å². The van der Waals surface area contributed by atoms with E-state index in [9.17, 15) is 4.79 Å². The average Bonchev–Trinajstić information content (AvgIpc) is 3.42. The van der Waals surface area contributed by atoms with Crippen LogP contribution in [0.5, 0.6) is 0 Å². The first kappa shape index (κ1) is 20.6. The fraction of sp³-hybridized carbons (Fsp3) is 0.304. The number of benzene rings is 1. The van der Waals surface area contributed by atoms with Gasteiger partial charge in [0.25, 0.3) is 5.91 Å². The van der Waals surface area contributed by atoms with Crippen molar-refractivity contribution in [2.45, 2.75) is 13.5 Å². The second-order valence-electron chi connectivity index (χ2n) is 7.74. The molecular weight excluding hydrogens is 424 g/mol. The summed E-state index contributed by atoms with van der Waals surface area (Å²) in [6, 6.07) is 11.9. The minimum atomic E-state index is -0.0157. The van der Waals surface area contributed by atoms with Gasteiger partial charge in [-0.05, 0) is 25.1 Å². The Bertz CT molecular complexity index is 1240. The number of amides is 1. The van der Waals surface area contributed by atoms with Gasteiger partial charge < -0.3 is 14.5 Å². The number of hydrogen-bond donors (Lipinski definition) is 0. The number of para-hydroxylation sites is 1. The summed E-state index contributed by atoms with van der Waals surface area (Å²) in [6.45, 7) is 5.08. The Hall–Kier alpha value is -3.30. The first-order valence-corrected chi connectivity index (χ1v) is 11.3. The Labute approximate surface area is 190 Å². The molecule has 164 valence electrons. The van der Waals surface area contributed by atoms with Crippen molar-refractivity contribution in [3.8, 4) is 5.69 Å². The van der Waals surface area contributed by atoms with Crippen LogP contribution in [0, 0.1) is 6.92 Å². The van der Waals surface area contributed by atoms with Crippen LogP contribution in [0.2, 0.25) is 0 Å². The first-order valence-electron chi connectivity index (χ1n) is 10.5. The lowest BCUT2D eigenvalue weighted by Gasteiger charge is -2.35. The predicted molar refractivity (Wildman–Crippen MR) is 125 cm³/mol. The highest BCUT2D eigenvalue weighted by Crippen LogP contribution is 2.30. The Morgan fingerprint density at radius 1 is 1.12 bits per heavy atom. The smallest absolute Gasteiger partial charge is 0.257 e. The zero-order chi connectivity index (χ0) is 22.1. The minimum Gasteiger partial charge on any atom is -0.378 e. The summed E-state index contributed by atoms with van der Waals surface area (Å²) >= 11 is 1.68. The summed E-state index contributed by atoms with van der Waals surface area (Å²) in [4.78, 5) is 28.6. The van der Waals surface area contributed by atoms with Gasteiger partial charge in [-0.15, -0.1) is 11.3 Å². The van der Waals surface area contributed by atoms with E-state index in [4.69, 9.17) is 4.74 Å². The SMILES string of the molecule is COCc1c(C(=O)N2CCN(c3ncnc4sc(C)cc34)CC2)cnn1-c1ccccc1. The average molecular weight is 449 g/mol. The van der Waals surface area contributed by atoms with Crippen molar-refractivity contribution in [1.82, 2.24) is 24.6 Å². The summed E-state index contributed by atoms with van der Waals surface area (Å²) in [5, 5.41) is 5.57. The molecule has 8 nitrogen and oxygen atoms in total. The minimum absolute atomic E-state index is 0.0157. The Kier molecular flexibility index (Phi) is 5.59. The van der Waals surface area contributed by atoms with Gasteiger partial charge in [-0.1, -0.05) is 18.2 Å².